The number of amides is 3. The number of anilines is 1. The van der Waals surface area contributed by atoms with Crippen LogP contribution in [0.15, 0.2) is 24.3 Å². The fourth-order valence-corrected chi connectivity index (χ4v) is 5.69. The number of hydrogen-bond donors (Lipinski definition) is 1. The summed E-state index contributed by atoms with van der Waals surface area (Å²) >= 11 is 0. The summed E-state index contributed by atoms with van der Waals surface area (Å²) in [6.45, 7) is 7.24. The van der Waals surface area contributed by atoms with E-state index < -0.39 is 5.41 Å². The van der Waals surface area contributed by atoms with Gasteiger partial charge in [0.2, 0.25) is 5.91 Å². The Bertz CT molecular complexity index is 759. The van der Waals surface area contributed by atoms with E-state index in [1.807, 2.05) is 38.1 Å². The molecule has 132 valence electrons. The molecule has 0 spiro atoms. The highest BCUT2D eigenvalue weighted by Gasteiger charge is 2.52. The number of urea groups is 1. The Balaban J connectivity index is 1.43. The molecular formula is C20H25N3O2. The first kappa shape index (κ1) is 15.4. The minimum atomic E-state index is -0.649. The zero-order chi connectivity index (χ0) is 17.3. The lowest BCUT2D eigenvalue weighted by Gasteiger charge is -2.27. The molecule has 0 aromatic heterocycles. The smallest absolute Gasteiger partial charge is 0.329 e. The highest BCUT2D eigenvalue weighted by Crippen LogP contribution is 2.47. The lowest BCUT2D eigenvalue weighted by Crippen LogP contribution is -2.51. The van der Waals surface area contributed by atoms with Crippen LogP contribution in [0.3, 0.4) is 0 Å². The summed E-state index contributed by atoms with van der Waals surface area (Å²) in [7, 11) is 0. The first-order valence-corrected chi connectivity index (χ1v) is 9.44. The summed E-state index contributed by atoms with van der Waals surface area (Å²) in [6.07, 6.45) is 2.39. The Hall–Kier alpha value is -1.88. The standard InChI is InChI=1S/C20H25N3O2/c1-20(2)15-5-3-4-6-16(15)23(18(20)24)19(25)21-17-12-7-8-22-10-13(9-12)14(17)11-22/h3-6,12-14,17H,7-11H2,1-2H3,(H,21,25)/t12?,13?,14?,17-/m1/s1. The predicted octanol–water partition coefficient (Wildman–Crippen LogP) is 2.36. The Morgan fingerprint density at radius 3 is 2.84 bits per heavy atom. The normalized spacial score (nSPS) is 37.3. The molecular weight excluding hydrogens is 314 g/mol. The highest BCUT2D eigenvalue weighted by molar-refractivity contribution is 6.22. The second-order valence-electron chi connectivity index (χ2n) is 8.73. The van der Waals surface area contributed by atoms with E-state index in [4.69, 9.17) is 0 Å². The molecule has 1 aromatic carbocycles. The number of carbonyl (C=O) groups excluding carboxylic acids is 2. The number of benzene rings is 1. The first-order chi connectivity index (χ1) is 12.0. The van der Waals surface area contributed by atoms with Gasteiger partial charge in [-0.05, 0) is 62.6 Å². The molecule has 1 saturated carbocycles. The Labute approximate surface area is 148 Å². The van der Waals surface area contributed by atoms with Crippen LogP contribution in [0.5, 0.6) is 0 Å². The van der Waals surface area contributed by atoms with E-state index in [0.717, 1.165) is 36.7 Å². The molecule has 4 fully saturated rings. The molecule has 1 N–H and O–H groups in total. The molecule has 4 unspecified atom stereocenters. The molecule has 5 nitrogen and oxygen atoms in total. The quantitative estimate of drug-likeness (QED) is 0.855. The lowest BCUT2D eigenvalue weighted by atomic mass is 9.86. The van der Waals surface area contributed by atoms with Gasteiger partial charge in [0.15, 0.2) is 0 Å². The average Bonchev–Trinajstić information content (AvgIpc) is 3.03. The molecule has 3 saturated heterocycles. The number of nitrogens with one attached hydrogen (secondary N) is 1. The Morgan fingerprint density at radius 1 is 1.20 bits per heavy atom. The molecule has 3 amide bonds. The van der Waals surface area contributed by atoms with Crippen molar-refractivity contribution in [2.24, 2.45) is 17.8 Å². The van der Waals surface area contributed by atoms with E-state index in [0.29, 0.717) is 11.8 Å². The molecule has 6 rings (SSSR count). The van der Waals surface area contributed by atoms with Gasteiger partial charge in [-0.25, -0.2) is 9.69 Å². The van der Waals surface area contributed by atoms with Crippen molar-refractivity contribution in [3.8, 4) is 0 Å². The van der Waals surface area contributed by atoms with Crippen LogP contribution in [-0.4, -0.2) is 42.5 Å². The van der Waals surface area contributed by atoms with Crippen LogP contribution in [0.25, 0.3) is 0 Å². The summed E-state index contributed by atoms with van der Waals surface area (Å²) in [5.74, 6) is 1.71. The van der Waals surface area contributed by atoms with Crippen molar-refractivity contribution in [3.63, 3.8) is 0 Å². The van der Waals surface area contributed by atoms with E-state index in [2.05, 4.69) is 10.2 Å². The molecule has 25 heavy (non-hydrogen) atoms. The van der Waals surface area contributed by atoms with Gasteiger partial charge in [-0.1, -0.05) is 18.2 Å². The fraction of sp³-hybridized carbons (Fsp3) is 0.600. The monoisotopic (exact) mass is 339 g/mol. The summed E-state index contributed by atoms with van der Waals surface area (Å²) < 4.78 is 0. The van der Waals surface area contributed by atoms with Crippen molar-refractivity contribution in [3.05, 3.63) is 29.8 Å². The van der Waals surface area contributed by atoms with Gasteiger partial charge in [-0.15, -0.1) is 0 Å². The van der Waals surface area contributed by atoms with Gasteiger partial charge in [-0.2, -0.15) is 0 Å². The third-order valence-corrected chi connectivity index (χ3v) is 7.01. The van der Waals surface area contributed by atoms with Crippen LogP contribution in [0, 0.1) is 17.8 Å². The average molecular weight is 339 g/mol. The van der Waals surface area contributed by atoms with Gasteiger partial charge < -0.3 is 10.2 Å². The second-order valence-corrected chi connectivity index (χ2v) is 8.73. The fourth-order valence-electron chi connectivity index (χ4n) is 5.69. The maximum atomic E-state index is 13.1. The molecule has 1 aromatic rings. The maximum absolute atomic E-state index is 13.1. The number of fused-ring (bicyclic) bond motifs is 2. The van der Waals surface area contributed by atoms with Crippen LogP contribution in [0.2, 0.25) is 0 Å². The second kappa shape index (κ2) is 5.07. The van der Waals surface area contributed by atoms with Crippen LogP contribution >= 0.6 is 0 Å². The molecule has 4 aliphatic heterocycles. The number of carbonyl (C=O) groups is 2. The van der Waals surface area contributed by atoms with Crippen LogP contribution in [0.4, 0.5) is 10.5 Å². The van der Waals surface area contributed by atoms with E-state index in [1.165, 1.54) is 17.9 Å². The Morgan fingerprint density at radius 2 is 2.00 bits per heavy atom. The minimum Gasteiger partial charge on any atom is -0.334 e. The van der Waals surface area contributed by atoms with Crippen LogP contribution in [0.1, 0.15) is 32.3 Å². The third kappa shape index (κ3) is 2.05. The van der Waals surface area contributed by atoms with Gasteiger partial charge in [0.25, 0.3) is 0 Å². The summed E-state index contributed by atoms with van der Waals surface area (Å²) in [5.41, 5.74) is 1.03. The number of rotatable bonds is 1. The first-order valence-electron chi connectivity index (χ1n) is 9.44. The van der Waals surface area contributed by atoms with E-state index in [1.54, 1.807) is 0 Å². The SMILES string of the molecule is CC1(C)C(=O)N(C(=O)N[C@@H]2C3CCN4CC(C3)C2C4)c2ccccc21. The molecule has 4 bridgehead atoms. The van der Waals surface area contributed by atoms with Crippen molar-refractivity contribution in [1.82, 2.24) is 10.2 Å². The topological polar surface area (TPSA) is 52.7 Å². The zero-order valence-electron chi connectivity index (χ0n) is 14.9. The molecule has 5 heteroatoms. The largest absolute Gasteiger partial charge is 0.334 e. The van der Waals surface area contributed by atoms with Gasteiger partial charge in [0.05, 0.1) is 11.1 Å². The van der Waals surface area contributed by atoms with Gasteiger partial charge in [0.1, 0.15) is 0 Å². The highest BCUT2D eigenvalue weighted by atomic mass is 16.2. The number of para-hydroxylation sites is 1. The van der Waals surface area contributed by atoms with Crippen LogP contribution < -0.4 is 10.2 Å². The van der Waals surface area contributed by atoms with E-state index in [9.17, 15) is 9.59 Å². The summed E-state index contributed by atoms with van der Waals surface area (Å²) in [4.78, 5) is 30.0. The molecule has 4 heterocycles. The predicted molar refractivity (Wildman–Crippen MR) is 95.4 cm³/mol. The van der Waals surface area contributed by atoms with Crippen LogP contribution in [-0.2, 0) is 10.2 Å². The van der Waals surface area contributed by atoms with Gasteiger partial charge in [0, 0.05) is 19.1 Å². The van der Waals surface area contributed by atoms with Gasteiger partial charge in [-0.3, -0.25) is 4.79 Å². The van der Waals surface area contributed by atoms with Crippen molar-refractivity contribution in [2.45, 2.75) is 38.1 Å². The van der Waals surface area contributed by atoms with Crippen molar-refractivity contribution < 1.29 is 9.59 Å². The Kier molecular flexibility index (Phi) is 3.12. The molecule has 5 aliphatic rings. The van der Waals surface area contributed by atoms with Gasteiger partial charge >= 0.3 is 6.03 Å². The lowest BCUT2D eigenvalue weighted by molar-refractivity contribution is -0.121. The zero-order valence-corrected chi connectivity index (χ0v) is 14.9. The molecule has 5 atom stereocenters. The summed E-state index contributed by atoms with van der Waals surface area (Å²) in [5, 5.41) is 3.27. The minimum absolute atomic E-state index is 0.125. The van der Waals surface area contributed by atoms with E-state index >= 15 is 0 Å². The molecule has 0 radical (unpaired) electrons. The van der Waals surface area contributed by atoms with Crippen molar-refractivity contribution >= 4 is 17.6 Å². The number of hydrogen-bond acceptors (Lipinski definition) is 3. The summed E-state index contributed by atoms with van der Waals surface area (Å²) in [6, 6.07) is 7.64. The molecule has 1 aliphatic carbocycles. The number of imide groups is 1. The van der Waals surface area contributed by atoms with E-state index in [-0.39, 0.29) is 18.0 Å². The number of nitrogens with zero attached hydrogens (tertiary/aromatic N) is 2. The van der Waals surface area contributed by atoms with Crippen molar-refractivity contribution in [2.75, 3.05) is 24.5 Å². The van der Waals surface area contributed by atoms with Crippen molar-refractivity contribution in [1.29, 1.82) is 0 Å². The maximum Gasteiger partial charge on any atom is 0.329 e. The third-order valence-electron chi connectivity index (χ3n) is 7.01.